The minimum Gasteiger partial charge on any atom is -0.382 e. The van der Waals surface area contributed by atoms with Crippen molar-refractivity contribution in [2.45, 2.75) is 26.8 Å². The number of carbonyl (C=O) groups is 1. The third-order valence-corrected chi connectivity index (χ3v) is 2.08. The van der Waals surface area contributed by atoms with Gasteiger partial charge in [0.15, 0.2) is 5.78 Å². The fourth-order valence-electron chi connectivity index (χ4n) is 1.41. The molecule has 0 bridgehead atoms. The zero-order valence-electron chi connectivity index (χ0n) is 8.82. The molecule has 0 saturated carbocycles. The molecule has 0 N–H and O–H groups in total. The number of aromatic nitrogens is 1. The molecule has 0 aliphatic rings. The highest BCUT2D eigenvalue weighted by Crippen LogP contribution is 2.04. The van der Waals surface area contributed by atoms with E-state index >= 15 is 0 Å². The zero-order chi connectivity index (χ0) is 10.4. The van der Waals surface area contributed by atoms with Crippen LogP contribution in [-0.4, -0.2) is 23.6 Å². The first-order valence-electron chi connectivity index (χ1n) is 4.99. The van der Waals surface area contributed by atoms with E-state index in [1.807, 2.05) is 29.8 Å². The molecule has 0 unspecified atom stereocenters. The van der Waals surface area contributed by atoms with Crippen LogP contribution >= 0.6 is 0 Å². The summed E-state index contributed by atoms with van der Waals surface area (Å²) in [6, 6.07) is 3.75. The molecule has 0 saturated heterocycles. The highest BCUT2D eigenvalue weighted by atomic mass is 16.5. The van der Waals surface area contributed by atoms with Crippen molar-refractivity contribution < 1.29 is 9.53 Å². The Hall–Kier alpha value is -1.09. The molecule has 1 rings (SSSR count). The number of aryl methyl sites for hydroxylation is 1. The molecule has 0 radical (unpaired) electrons. The number of nitrogens with zero attached hydrogens (tertiary/aromatic N) is 1. The number of ether oxygens (including phenoxy) is 1. The first-order valence-corrected chi connectivity index (χ1v) is 4.99. The fraction of sp³-hybridized carbons (Fsp3) is 0.545. The zero-order valence-corrected chi connectivity index (χ0v) is 8.82. The van der Waals surface area contributed by atoms with Gasteiger partial charge in [0, 0.05) is 32.9 Å². The largest absolute Gasteiger partial charge is 0.382 e. The molecule has 1 aromatic rings. The van der Waals surface area contributed by atoms with E-state index < -0.39 is 0 Å². The van der Waals surface area contributed by atoms with Gasteiger partial charge in [-0.1, -0.05) is 0 Å². The van der Waals surface area contributed by atoms with Crippen LogP contribution in [0.3, 0.4) is 0 Å². The van der Waals surface area contributed by atoms with Crippen LogP contribution in [0.5, 0.6) is 0 Å². The Morgan fingerprint density at radius 3 is 3.00 bits per heavy atom. The predicted octanol–water partition coefficient (Wildman–Crippen LogP) is 2.12. The second kappa shape index (κ2) is 5.60. The van der Waals surface area contributed by atoms with Crippen LogP contribution in [0.25, 0.3) is 0 Å². The van der Waals surface area contributed by atoms with E-state index in [0.29, 0.717) is 0 Å². The molecule has 0 aromatic carbocycles. The average Bonchev–Trinajstić information content (AvgIpc) is 2.60. The molecule has 3 nitrogen and oxygen atoms in total. The van der Waals surface area contributed by atoms with Crippen molar-refractivity contribution in [2.75, 3.05) is 13.2 Å². The molecule has 0 fully saturated rings. The summed E-state index contributed by atoms with van der Waals surface area (Å²) in [6.45, 7) is 5.93. The normalized spacial score (nSPS) is 10.4. The van der Waals surface area contributed by atoms with Crippen molar-refractivity contribution >= 4 is 5.78 Å². The van der Waals surface area contributed by atoms with Gasteiger partial charge in [0.1, 0.15) is 0 Å². The minimum absolute atomic E-state index is 0.117. The lowest BCUT2D eigenvalue weighted by Crippen LogP contribution is -2.07. The highest BCUT2D eigenvalue weighted by molar-refractivity contribution is 5.92. The standard InChI is InChI=1S/C11H17NO2/c1-3-14-9-5-8-12-7-4-6-11(12)10(2)13/h4,6-7H,3,5,8-9H2,1-2H3. The van der Waals surface area contributed by atoms with Gasteiger partial charge in [0.05, 0.1) is 5.69 Å². The minimum atomic E-state index is 0.117. The Bertz CT molecular complexity index is 291. The van der Waals surface area contributed by atoms with Crippen LogP contribution in [0.1, 0.15) is 30.8 Å². The highest BCUT2D eigenvalue weighted by Gasteiger charge is 2.04. The van der Waals surface area contributed by atoms with E-state index in [-0.39, 0.29) is 5.78 Å². The maximum Gasteiger partial charge on any atom is 0.176 e. The first kappa shape index (κ1) is 11.0. The molecule has 1 aromatic heterocycles. The summed E-state index contributed by atoms with van der Waals surface area (Å²) in [6.07, 6.45) is 2.88. The van der Waals surface area contributed by atoms with Crippen molar-refractivity contribution in [2.24, 2.45) is 0 Å². The summed E-state index contributed by atoms with van der Waals surface area (Å²) < 4.78 is 7.21. The first-order chi connectivity index (χ1) is 6.75. The van der Waals surface area contributed by atoms with E-state index in [4.69, 9.17) is 4.74 Å². The summed E-state index contributed by atoms with van der Waals surface area (Å²) in [5, 5.41) is 0. The summed E-state index contributed by atoms with van der Waals surface area (Å²) in [7, 11) is 0. The molecule has 0 aliphatic heterocycles. The smallest absolute Gasteiger partial charge is 0.176 e. The van der Waals surface area contributed by atoms with Crippen molar-refractivity contribution in [3.8, 4) is 0 Å². The summed E-state index contributed by atoms with van der Waals surface area (Å²) >= 11 is 0. The monoisotopic (exact) mass is 195 g/mol. The van der Waals surface area contributed by atoms with Crippen LogP contribution in [0.2, 0.25) is 0 Å². The molecule has 1 heterocycles. The second-order valence-electron chi connectivity index (χ2n) is 3.19. The van der Waals surface area contributed by atoms with Crippen LogP contribution in [-0.2, 0) is 11.3 Å². The molecule has 0 atom stereocenters. The quantitative estimate of drug-likeness (QED) is 0.514. The Morgan fingerprint density at radius 1 is 1.57 bits per heavy atom. The maximum atomic E-state index is 11.2. The van der Waals surface area contributed by atoms with Gasteiger partial charge in [-0.25, -0.2) is 0 Å². The van der Waals surface area contributed by atoms with Crippen molar-refractivity contribution in [3.05, 3.63) is 24.0 Å². The average molecular weight is 195 g/mol. The SMILES string of the molecule is CCOCCCn1cccc1C(C)=O. The van der Waals surface area contributed by atoms with Gasteiger partial charge in [-0.15, -0.1) is 0 Å². The van der Waals surface area contributed by atoms with E-state index in [2.05, 4.69) is 0 Å². The van der Waals surface area contributed by atoms with Gasteiger partial charge in [-0.05, 0) is 25.5 Å². The molecule has 0 aliphatic carbocycles. The number of Topliss-reactive ketones (excluding diaryl/α,β-unsaturated/α-hetero) is 1. The molecule has 78 valence electrons. The Morgan fingerprint density at radius 2 is 2.36 bits per heavy atom. The molecular formula is C11H17NO2. The number of hydrogen-bond acceptors (Lipinski definition) is 2. The van der Waals surface area contributed by atoms with Crippen molar-refractivity contribution in [1.29, 1.82) is 0 Å². The lowest BCUT2D eigenvalue weighted by Gasteiger charge is -2.06. The Labute approximate surface area is 84.7 Å². The second-order valence-corrected chi connectivity index (χ2v) is 3.19. The third kappa shape index (κ3) is 3.00. The van der Waals surface area contributed by atoms with Gasteiger partial charge in [0.25, 0.3) is 0 Å². The molecular weight excluding hydrogens is 178 g/mol. The summed E-state index contributed by atoms with van der Waals surface area (Å²) in [5.41, 5.74) is 0.779. The van der Waals surface area contributed by atoms with Crippen LogP contribution in [0.15, 0.2) is 18.3 Å². The maximum absolute atomic E-state index is 11.2. The van der Waals surface area contributed by atoms with Gasteiger partial charge in [0.2, 0.25) is 0 Å². The van der Waals surface area contributed by atoms with Gasteiger partial charge in [-0.2, -0.15) is 0 Å². The van der Waals surface area contributed by atoms with Gasteiger partial charge in [-0.3, -0.25) is 4.79 Å². The van der Waals surface area contributed by atoms with Crippen molar-refractivity contribution in [1.82, 2.24) is 4.57 Å². The number of carbonyl (C=O) groups excluding carboxylic acids is 1. The lowest BCUT2D eigenvalue weighted by atomic mass is 10.3. The van der Waals surface area contributed by atoms with E-state index in [1.165, 1.54) is 0 Å². The predicted molar refractivity (Wildman–Crippen MR) is 55.5 cm³/mol. The van der Waals surface area contributed by atoms with Crippen LogP contribution < -0.4 is 0 Å². The van der Waals surface area contributed by atoms with E-state index in [9.17, 15) is 4.79 Å². The fourth-order valence-corrected chi connectivity index (χ4v) is 1.41. The number of hydrogen-bond donors (Lipinski definition) is 0. The topological polar surface area (TPSA) is 31.2 Å². The number of rotatable bonds is 6. The third-order valence-electron chi connectivity index (χ3n) is 2.08. The van der Waals surface area contributed by atoms with Crippen molar-refractivity contribution in [3.63, 3.8) is 0 Å². The van der Waals surface area contributed by atoms with Gasteiger partial charge < -0.3 is 9.30 Å². The lowest BCUT2D eigenvalue weighted by molar-refractivity contribution is 0.100. The summed E-state index contributed by atoms with van der Waals surface area (Å²) in [5.74, 6) is 0.117. The van der Waals surface area contributed by atoms with Crippen LogP contribution in [0, 0.1) is 0 Å². The van der Waals surface area contributed by atoms with Gasteiger partial charge >= 0.3 is 0 Å². The molecule has 0 amide bonds. The van der Waals surface area contributed by atoms with E-state index in [0.717, 1.165) is 31.9 Å². The molecule has 0 spiro atoms. The molecule has 3 heteroatoms. The Kier molecular flexibility index (Phi) is 4.40. The Balaban J connectivity index is 2.42. The molecule has 14 heavy (non-hydrogen) atoms. The number of ketones is 1. The van der Waals surface area contributed by atoms with E-state index in [1.54, 1.807) is 6.92 Å². The van der Waals surface area contributed by atoms with Crippen LogP contribution in [0.4, 0.5) is 0 Å². The summed E-state index contributed by atoms with van der Waals surface area (Å²) in [4.78, 5) is 11.2.